The van der Waals surface area contributed by atoms with Gasteiger partial charge in [0, 0.05) is 29.0 Å². The highest BCUT2D eigenvalue weighted by atomic mass is 32.2. The largest absolute Gasteiger partial charge is 0.387 e. The highest BCUT2D eigenvalue weighted by molar-refractivity contribution is 7.99. The Hall–Kier alpha value is -0.540. The van der Waals surface area contributed by atoms with E-state index in [2.05, 4.69) is 18.8 Å². The fourth-order valence-electron chi connectivity index (χ4n) is 1.29. The maximum Gasteiger partial charge on any atom is 0.0897 e. The molecule has 15 heavy (non-hydrogen) atoms. The molecule has 1 aromatic rings. The third-order valence-corrected chi connectivity index (χ3v) is 3.96. The molecule has 2 atom stereocenters. The van der Waals surface area contributed by atoms with Gasteiger partial charge in [-0.3, -0.25) is 4.98 Å². The van der Waals surface area contributed by atoms with Crippen LogP contribution in [-0.4, -0.2) is 21.1 Å². The Morgan fingerprint density at radius 2 is 2.27 bits per heavy atom. The van der Waals surface area contributed by atoms with Gasteiger partial charge in [-0.25, -0.2) is 0 Å². The predicted molar refractivity (Wildman–Crippen MR) is 66.1 cm³/mol. The summed E-state index contributed by atoms with van der Waals surface area (Å²) >= 11 is 1.81. The smallest absolute Gasteiger partial charge is 0.0897 e. The summed E-state index contributed by atoms with van der Waals surface area (Å²) in [7, 11) is 0. The van der Waals surface area contributed by atoms with Crippen LogP contribution in [0.15, 0.2) is 18.5 Å². The molecule has 0 aromatic carbocycles. The van der Waals surface area contributed by atoms with Crippen LogP contribution < -0.4 is 0 Å². The third-order valence-electron chi connectivity index (χ3n) is 2.55. The zero-order valence-corrected chi connectivity index (χ0v) is 10.4. The standard InChI is InChI=1S/C12H19NOS/c1-4-10(3)15-8-12(14)11-7-13-6-5-9(11)2/h5-7,10,12,14H,4,8H2,1-3H3. The molecule has 0 amide bonds. The second kappa shape index (κ2) is 6.13. The highest BCUT2D eigenvalue weighted by Crippen LogP contribution is 2.23. The van der Waals surface area contributed by atoms with Gasteiger partial charge in [0.05, 0.1) is 6.10 Å². The van der Waals surface area contributed by atoms with E-state index in [4.69, 9.17) is 0 Å². The Kier molecular flexibility index (Phi) is 5.12. The van der Waals surface area contributed by atoms with E-state index in [1.165, 1.54) is 0 Å². The van der Waals surface area contributed by atoms with Crippen LogP contribution in [0.5, 0.6) is 0 Å². The van der Waals surface area contributed by atoms with Gasteiger partial charge in [-0.1, -0.05) is 13.8 Å². The molecule has 0 saturated carbocycles. The van der Waals surface area contributed by atoms with Crippen molar-refractivity contribution in [2.24, 2.45) is 0 Å². The topological polar surface area (TPSA) is 33.1 Å². The monoisotopic (exact) mass is 225 g/mol. The molecule has 1 aromatic heterocycles. The van der Waals surface area contributed by atoms with E-state index in [-0.39, 0.29) is 0 Å². The lowest BCUT2D eigenvalue weighted by Gasteiger charge is -2.15. The number of aliphatic hydroxyl groups is 1. The molecular formula is C12H19NOS. The number of pyridine rings is 1. The van der Waals surface area contributed by atoms with Gasteiger partial charge in [0.15, 0.2) is 0 Å². The van der Waals surface area contributed by atoms with Crippen molar-refractivity contribution < 1.29 is 5.11 Å². The molecule has 0 saturated heterocycles. The first-order valence-electron chi connectivity index (χ1n) is 5.35. The van der Waals surface area contributed by atoms with E-state index < -0.39 is 6.10 Å². The Morgan fingerprint density at radius 3 is 2.87 bits per heavy atom. The molecule has 2 unspecified atom stereocenters. The van der Waals surface area contributed by atoms with Crippen molar-refractivity contribution >= 4 is 11.8 Å². The normalized spacial score (nSPS) is 14.9. The Bertz CT molecular complexity index is 303. The molecule has 1 rings (SSSR count). The van der Waals surface area contributed by atoms with Crippen molar-refractivity contribution in [1.29, 1.82) is 0 Å². The summed E-state index contributed by atoms with van der Waals surface area (Å²) in [5.74, 6) is 0.752. The number of aryl methyl sites for hydroxylation is 1. The van der Waals surface area contributed by atoms with Gasteiger partial charge < -0.3 is 5.11 Å². The molecule has 0 bridgehead atoms. The molecule has 0 aliphatic rings. The molecule has 3 heteroatoms. The summed E-state index contributed by atoms with van der Waals surface area (Å²) in [6.07, 6.45) is 4.27. The number of aliphatic hydroxyl groups excluding tert-OH is 1. The number of thioether (sulfide) groups is 1. The van der Waals surface area contributed by atoms with Gasteiger partial charge in [-0.15, -0.1) is 0 Å². The first-order valence-corrected chi connectivity index (χ1v) is 6.40. The van der Waals surface area contributed by atoms with E-state index in [0.29, 0.717) is 5.25 Å². The minimum atomic E-state index is -0.391. The number of aromatic nitrogens is 1. The van der Waals surface area contributed by atoms with Crippen molar-refractivity contribution in [3.8, 4) is 0 Å². The van der Waals surface area contributed by atoms with Crippen LogP contribution >= 0.6 is 11.8 Å². The van der Waals surface area contributed by atoms with E-state index in [9.17, 15) is 5.11 Å². The van der Waals surface area contributed by atoms with Gasteiger partial charge >= 0.3 is 0 Å². The lowest BCUT2D eigenvalue weighted by Crippen LogP contribution is -2.06. The lowest BCUT2D eigenvalue weighted by atomic mass is 10.1. The molecule has 1 heterocycles. The fraction of sp³-hybridized carbons (Fsp3) is 0.583. The van der Waals surface area contributed by atoms with Crippen molar-refractivity contribution in [2.75, 3.05) is 5.75 Å². The van der Waals surface area contributed by atoms with E-state index in [1.54, 1.807) is 12.4 Å². The van der Waals surface area contributed by atoms with Crippen LogP contribution in [0.3, 0.4) is 0 Å². The second-order valence-corrected chi connectivity index (χ2v) is 5.27. The average molecular weight is 225 g/mol. The third kappa shape index (κ3) is 3.84. The predicted octanol–water partition coefficient (Wildman–Crippen LogP) is 2.96. The van der Waals surface area contributed by atoms with Crippen molar-refractivity contribution in [3.05, 3.63) is 29.6 Å². The lowest BCUT2D eigenvalue weighted by molar-refractivity contribution is 0.203. The van der Waals surface area contributed by atoms with Gasteiger partial charge in [0.25, 0.3) is 0 Å². The molecule has 84 valence electrons. The maximum atomic E-state index is 9.98. The molecule has 0 radical (unpaired) electrons. The van der Waals surface area contributed by atoms with Crippen LogP contribution in [-0.2, 0) is 0 Å². The first kappa shape index (κ1) is 12.5. The molecule has 0 aliphatic heterocycles. The Balaban J connectivity index is 2.54. The molecule has 0 spiro atoms. The Labute approximate surface area is 96.1 Å². The van der Waals surface area contributed by atoms with Crippen molar-refractivity contribution in [3.63, 3.8) is 0 Å². The summed E-state index contributed by atoms with van der Waals surface area (Å²) in [5, 5.41) is 10.6. The van der Waals surface area contributed by atoms with Gasteiger partial charge in [0.1, 0.15) is 0 Å². The molecule has 0 aliphatic carbocycles. The number of nitrogens with zero attached hydrogens (tertiary/aromatic N) is 1. The van der Waals surface area contributed by atoms with Crippen molar-refractivity contribution in [2.45, 2.75) is 38.5 Å². The van der Waals surface area contributed by atoms with Crippen LogP contribution in [0.4, 0.5) is 0 Å². The zero-order chi connectivity index (χ0) is 11.3. The quantitative estimate of drug-likeness (QED) is 0.836. The van der Waals surface area contributed by atoms with Crippen LogP contribution in [0.25, 0.3) is 0 Å². The SMILES string of the molecule is CCC(C)SCC(O)c1cnccc1C. The maximum absolute atomic E-state index is 9.98. The summed E-state index contributed by atoms with van der Waals surface area (Å²) in [6, 6.07) is 1.94. The fourth-order valence-corrected chi connectivity index (χ4v) is 2.21. The summed E-state index contributed by atoms with van der Waals surface area (Å²) in [5.41, 5.74) is 2.07. The number of hydrogen-bond donors (Lipinski definition) is 1. The summed E-state index contributed by atoms with van der Waals surface area (Å²) in [4.78, 5) is 4.04. The zero-order valence-electron chi connectivity index (χ0n) is 9.60. The summed E-state index contributed by atoms with van der Waals surface area (Å²) in [6.45, 7) is 6.36. The van der Waals surface area contributed by atoms with E-state index in [0.717, 1.165) is 23.3 Å². The minimum absolute atomic E-state index is 0.391. The second-order valence-electron chi connectivity index (χ2n) is 3.80. The van der Waals surface area contributed by atoms with Gasteiger partial charge in [-0.2, -0.15) is 11.8 Å². The van der Waals surface area contributed by atoms with Gasteiger partial charge in [-0.05, 0) is 25.0 Å². The van der Waals surface area contributed by atoms with Crippen LogP contribution in [0.1, 0.15) is 37.5 Å². The number of rotatable bonds is 5. The minimum Gasteiger partial charge on any atom is -0.387 e. The molecule has 1 N–H and O–H groups in total. The molecule has 2 nitrogen and oxygen atoms in total. The number of hydrogen-bond acceptors (Lipinski definition) is 3. The van der Waals surface area contributed by atoms with Crippen LogP contribution in [0.2, 0.25) is 0 Å². The van der Waals surface area contributed by atoms with Crippen molar-refractivity contribution in [1.82, 2.24) is 4.98 Å². The first-order chi connectivity index (χ1) is 7.15. The molecular weight excluding hydrogens is 206 g/mol. The average Bonchev–Trinajstić information content (AvgIpc) is 2.26. The van der Waals surface area contributed by atoms with Crippen LogP contribution in [0, 0.1) is 6.92 Å². The Morgan fingerprint density at radius 1 is 1.53 bits per heavy atom. The van der Waals surface area contributed by atoms with E-state index >= 15 is 0 Å². The van der Waals surface area contributed by atoms with E-state index in [1.807, 2.05) is 24.8 Å². The molecule has 0 fully saturated rings. The van der Waals surface area contributed by atoms with Gasteiger partial charge in [0.2, 0.25) is 0 Å². The summed E-state index contributed by atoms with van der Waals surface area (Å²) < 4.78 is 0. The highest BCUT2D eigenvalue weighted by Gasteiger charge is 2.11.